The van der Waals surface area contributed by atoms with Gasteiger partial charge < -0.3 is 19.7 Å². The average Bonchev–Trinajstić information content (AvgIpc) is 2.74. The summed E-state index contributed by atoms with van der Waals surface area (Å²) in [5.74, 6) is 0.986. The van der Waals surface area contributed by atoms with Gasteiger partial charge in [0.1, 0.15) is 11.5 Å². The van der Waals surface area contributed by atoms with Crippen molar-refractivity contribution in [2.45, 2.75) is 11.3 Å². The fraction of sp³-hybridized carbons (Fsp3) is 0.381. The van der Waals surface area contributed by atoms with Gasteiger partial charge in [-0.15, -0.1) is 0 Å². The number of sulfonamides is 1. The minimum absolute atomic E-state index is 0.120. The molecule has 2 aromatic rings. The van der Waals surface area contributed by atoms with E-state index in [4.69, 9.17) is 9.47 Å². The molecule has 9 heteroatoms. The zero-order valence-electron chi connectivity index (χ0n) is 17.4. The van der Waals surface area contributed by atoms with E-state index in [2.05, 4.69) is 10.2 Å². The molecule has 1 fully saturated rings. The van der Waals surface area contributed by atoms with E-state index in [-0.39, 0.29) is 17.2 Å². The number of hydrogen-bond donors (Lipinski definition) is 1. The zero-order chi connectivity index (χ0) is 21.7. The summed E-state index contributed by atoms with van der Waals surface area (Å²) < 4.78 is 37.6. The van der Waals surface area contributed by atoms with Crippen LogP contribution in [0, 0.1) is 0 Å². The minimum atomic E-state index is -3.53. The molecule has 1 heterocycles. The molecule has 0 bridgehead atoms. The van der Waals surface area contributed by atoms with Crippen molar-refractivity contribution < 1.29 is 22.7 Å². The van der Waals surface area contributed by atoms with E-state index >= 15 is 0 Å². The topological polar surface area (TPSA) is 88.2 Å². The highest BCUT2D eigenvalue weighted by atomic mass is 32.2. The first-order valence-electron chi connectivity index (χ1n) is 9.63. The van der Waals surface area contributed by atoms with Crippen molar-refractivity contribution in [1.82, 2.24) is 9.21 Å². The number of piperazine rings is 1. The van der Waals surface area contributed by atoms with Crippen LogP contribution in [0.4, 0.5) is 5.69 Å². The van der Waals surface area contributed by atoms with Gasteiger partial charge in [-0.25, -0.2) is 8.42 Å². The third-order valence-corrected chi connectivity index (χ3v) is 7.00. The highest BCUT2D eigenvalue weighted by Gasteiger charge is 2.27. The third-order valence-electron chi connectivity index (χ3n) is 5.08. The summed E-state index contributed by atoms with van der Waals surface area (Å²) in [6.45, 7) is 2.37. The van der Waals surface area contributed by atoms with Crippen LogP contribution in [0.15, 0.2) is 47.4 Å². The fourth-order valence-electron chi connectivity index (χ4n) is 3.26. The normalized spacial score (nSPS) is 15.6. The molecule has 0 radical (unpaired) electrons. The molecule has 1 aliphatic heterocycles. The molecule has 30 heavy (non-hydrogen) atoms. The van der Waals surface area contributed by atoms with E-state index < -0.39 is 10.0 Å². The Bertz CT molecular complexity index is 984. The second-order valence-electron chi connectivity index (χ2n) is 7.13. The average molecular weight is 434 g/mol. The number of carbonyl (C=O) groups is 1. The lowest BCUT2D eigenvalue weighted by atomic mass is 10.1. The lowest BCUT2D eigenvalue weighted by Crippen LogP contribution is -2.46. The number of nitrogens with zero attached hydrogens (tertiary/aromatic N) is 2. The summed E-state index contributed by atoms with van der Waals surface area (Å²) in [4.78, 5) is 14.8. The van der Waals surface area contributed by atoms with E-state index in [0.29, 0.717) is 43.4 Å². The maximum Gasteiger partial charge on any atom is 0.243 e. The number of rotatable bonds is 7. The Morgan fingerprint density at radius 3 is 2.27 bits per heavy atom. The molecule has 0 spiro atoms. The van der Waals surface area contributed by atoms with E-state index in [0.717, 1.165) is 5.56 Å². The first-order valence-corrected chi connectivity index (χ1v) is 11.1. The fourth-order valence-corrected chi connectivity index (χ4v) is 4.69. The van der Waals surface area contributed by atoms with Crippen molar-refractivity contribution in [3.63, 3.8) is 0 Å². The van der Waals surface area contributed by atoms with E-state index in [1.54, 1.807) is 37.4 Å². The maximum atomic E-state index is 12.8. The third kappa shape index (κ3) is 5.10. The van der Waals surface area contributed by atoms with Crippen molar-refractivity contribution in [3.05, 3.63) is 48.0 Å². The monoisotopic (exact) mass is 433 g/mol. The summed E-state index contributed by atoms with van der Waals surface area (Å²) >= 11 is 0. The summed E-state index contributed by atoms with van der Waals surface area (Å²) in [5, 5.41) is 2.79. The van der Waals surface area contributed by atoms with Gasteiger partial charge in [-0.2, -0.15) is 4.31 Å². The summed E-state index contributed by atoms with van der Waals surface area (Å²) in [6.07, 6.45) is 0.120. The van der Waals surface area contributed by atoms with Crippen LogP contribution in [0.5, 0.6) is 11.5 Å². The molecule has 0 aliphatic carbocycles. The van der Waals surface area contributed by atoms with Crippen molar-refractivity contribution in [1.29, 1.82) is 0 Å². The van der Waals surface area contributed by atoms with Gasteiger partial charge in [0, 0.05) is 43.5 Å². The number of likely N-dealkylation sites (N-methyl/N-ethyl adjacent to an activating group) is 1. The molecule has 0 aromatic heterocycles. The number of methoxy groups -OCH3 is 2. The lowest BCUT2D eigenvalue weighted by molar-refractivity contribution is -0.115. The molecule has 1 saturated heterocycles. The van der Waals surface area contributed by atoms with Gasteiger partial charge in [0.2, 0.25) is 15.9 Å². The first-order chi connectivity index (χ1) is 14.3. The van der Waals surface area contributed by atoms with Gasteiger partial charge in [-0.1, -0.05) is 6.07 Å². The number of ether oxygens (including phenoxy) is 2. The molecular weight excluding hydrogens is 406 g/mol. The molecule has 1 amide bonds. The SMILES string of the molecule is COc1ccc(CC(=O)Nc2ccc(S(=O)(=O)N3CCN(C)CC3)cc2)c(OC)c1. The molecule has 0 atom stereocenters. The molecule has 8 nitrogen and oxygen atoms in total. The van der Waals surface area contributed by atoms with Crippen LogP contribution in [-0.2, 0) is 21.2 Å². The number of amides is 1. The molecule has 2 aromatic carbocycles. The van der Waals surface area contributed by atoms with E-state index in [9.17, 15) is 13.2 Å². The van der Waals surface area contributed by atoms with Crippen LogP contribution in [0.1, 0.15) is 5.56 Å². The van der Waals surface area contributed by atoms with Crippen LogP contribution in [0.3, 0.4) is 0 Å². The quantitative estimate of drug-likeness (QED) is 0.717. The first kappa shape index (κ1) is 22.1. The summed E-state index contributed by atoms with van der Waals surface area (Å²) in [5.41, 5.74) is 1.26. The number of carbonyl (C=O) groups excluding carboxylic acids is 1. The smallest absolute Gasteiger partial charge is 0.243 e. The van der Waals surface area contributed by atoms with E-state index in [1.165, 1.54) is 23.5 Å². The Hall–Kier alpha value is -2.62. The lowest BCUT2D eigenvalue weighted by Gasteiger charge is -2.31. The Morgan fingerprint density at radius 1 is 1.00 bits per heavy atom. The second-order valence-corrected chi connectivity index (χ2v) is 9.07. The Kier molecular flexibility index (Phi) is 6.96. The Morgan fingerprint density at radius 2 is 1.67 bits per heavy atom. The Labute approximate surface area is 177 Å². The number of anilines is 1. The largest absolute Gasteiger partial charge is 0.497 e. The maximum absolute atomic E-state index is 12.8. The van der Waals surface area contributed by atoms with Crippen LogP contribution in [0.25, 0.3) is 0 Å². The van der Waals surface area contributed by atoms with Gasteiger partial charge in [-0.3, -0.25) is 4.79 Å². The second kappa shape index (κ2) is 9.46. The molecule has 0 saturated carbocycles. The summed E-state index contributed by atoms with van der Waals surface area (Å²) in [7, 11) is 1.55. The summed E-state index contributed by atoms with van der Waals surface area (Å²) in [6, 6.07) is 11.5. The molecule has 1 aliphatic rings. The van der Waals surface area contributed by atoms with Crippen LogP contribution < -0.4 is 14.8 Å². The van der Waals surface area contributed by atoms with Crippen molar-refractivity contribution in [2.24, 2.45) is 0 Å². The van der Waals surface area contributed by atoms with Crippen LogP contribution in [0.2, 0.25) is 0 Å². The van der Waals surface area contributed by atoms with E-state index in [1.807, 2.05) is 7.05 Å². The predicted molar refractivity (Wildman–Crippen MR) is 115 cm³/mol. The van der Waals surface area contributed by atoms with Gasteiger partial charge in [-0.05, 0) is 37.4 Å². The molecular formula is C21H27N3O5S. The van der Waals surface area contributed by atoms with Crippen molar-refractivity contribution in [3.8, 4) is 11.5 Å². The van der Waals surface area contributed by atoms with Crippen LogP contribution >= 0.6 is 0 Å². The van der Waals surface area contributed by atoms with Gasteiger partial charge >= 0.3 is 0 Å². The zero-order valence-corrected chi connectivity index (χ0v) is 18.2. The van der Waals surface area contributed by atoms with Crippen molar-refractivity contribution in [2.75, 3.05) is 52.8 Å². The molecule has 0 unspecified atom stereocenters. The van der Waals surface area contributed by atoms with Crippen LogP contribution in [-0.4, -0.2) is 71.0 Å². The van der Waals surface area contributed by atoms with Gasteiger partial charge in [0.25, 0.3) is 0 Å². The highest BCUT2D eigenvalue weighted by Crippen LogP contribution is 2.25. The highest BCUT2D eigenvalue weighted by molar-refractivity contribution is 7.89. The number of hydrogen-bond acceptors (Lipinski definition) is 6. The predicted octanol–water partition coefficient (Wildman–Crippen LogP) is 1.82. The van der Waals surface area contributed by atoms with Crippen molar-refractivity contribution >= 4 is 21.6 Å². The standard InChI is InChI=1S/C21H27N3O5S/c1-23-10-12-24(13-11-23)30(26,27)19-8-5-17(6-9-19)22-21(25)14-16-4-7-18(28-2)15-20(16)29-3/h4-9,15H,10-14H2,1-3H3,(H,22,25). The number of nitrogens with one attached hydrogen (secondary N) is 1. The molecule has 1 N–H and O–H groups in total. The van der Waals surface area contributed by atoms with Gasteiger partial charge in [0.15, 0.2) is 0 Å². The molecule has 3 rings (SSSR count). The number of benzene rings is 2. The minimum Gasteiger partial charge on any atom is -0.497 e. The Balaban J connectivity index is 1.65. The molecule has 162 valence electrons. The van der Waals surface area contributed by atoms with Gasteiger partial charge in [0.05, 0.1) is 25.5 Å².